The second-order valence-corrected chi connectivity index (χ2v) is 4.87. The lowest BCUT2D eigenvalue weighted by Gasteiger charge is -2.19. The van der Waals surface area contributed by atoms with E-state index < -0.39 is 0 Å². The molecule has 0 fully saturated rings. The van der Waals surface area contributed by atoms with Crippen molar-refractivity contribution in [3.8, 4) is 0 Å². The van der Waals surface area contributed by atoms with Crippen molar-refractivity contribution in [3.63, 3.8) is 0 Å². The predicted octanol–water partition coefficient (Wildman–Crippen LogP) is 1.16. The number of thiazole rings is 1. The highest BCUT2D eigenvalue weighted by atomic mass is 32.1. The van der Waals surface area contributed by atoms with Crippen LogP contribution in [0.2, 0.25) is 0 Å². The molecule has 0 bridgehead atoms. The minimum Gasteiger partial charge on any atom is -0.346 e. The van der Waals surface area contributed by atoms with Gasteiger partial charge in [-0.05, 0) is 12.8 Å². The average Bonchev–Trinajstić information content (AvgIpc) is 2.60. The minimum atomic E-state index is -0.136. The first-order valence-electron chi connectivity index (χ1n) is 4.97. The van der Waals surface area contributed by atoms with Gasteiger partial charge in [-0.2, -0.15) is 0 Å². The van der Waals surface area contributed by atoms with E-state index in [0.717, 1.165) is 5.01 Å². The van der Waals surface area contributed by atoms with Crippen LogP contribution in [0.3, 0.4) is 0 Å². The fourth-order valence-electron chi connectivity index (χ4n) is 1.21. The van der Waals surface area contributed by atoms with E-state index in [2.05, 4.69) is 10.3 Å². The zero-order chi connectivity index (χ0) is 11.4. The minimum absolute atomic E-state index is 0.0134. The third kappa shape index (κ3) is 3.28. The van der Waals surface area contributed by atoms with Gasteiger partial charge in [-0.15, -0.1) is 11.3 Å². The van der Waals surface area contributed by atoms with Gasteiger partial charge >= 0.3 is 0 Å². The fourth-order valence-corrected chi connectivity index (χ4v) is 1.80. The highest BCUT2D eigenvalue weighted by molar-refractivity contribution is 7.09. The topological polar surface area (TPSA) is 68.0 Å². The Labute approximate surface area is 93.9 Å². The molecule has 0 aliphatic rings. The molecule has 84 valence electrons. The second kappa shape index (κ2) is 5.23. The monoisotopic (exact) mass is 227 g/mol. The van der Waals surface area contributed by atoms with Gasteiger partial charge in [0, 0.05) is 18.0 Å². The van der Waals surface area contributed by atoms with Crippen LogP contribution in [0.4, 0.5) is 0 Å². The second-order valence-electron chi connectivity index (χ2n) is 3.81. The molecule has 1 aromatic rings. The summed E-state index contributed by atoms with van der Waals surface area (Å²) in [6, 6.07) is 0.0134. The fraction of sp³-hybridized carbons (Fsp3) is 0.600. The SMILES string of the molecule is Cc1nc(C(=O)NC(CN)C(C)C)cs1. The van der Waals surface area contributed by atoms with Gasteiger partial charge in [0.2, 0.25) is 0 Å². The maximum Gasteiger partial charge on any atom is 0.271 e. The molecule has 0 radical (unpaired) electrons. The van der Waals surface area contributed by atoms with Crippen LogP contribution in [0.5, 0.6) is 0 Å². The van der Waals surface area contributed by atoms with Crippen molar-refractivity contribution in [2.24, 2.45) is 11.7 Å². The van der Waals surface area contributed by atoms with Crippen molar-refractivity contribution in [2.45, 2.75) is 26.8 Å². The van der Waals surface area contributed by atoms with Gasteiger partial charge in [-0.3, -0.25) is 4.79 Å². The predicted molar refractivity (Wildman–Crippen MR) is 62.0 cm³/mol. The number of rotatable bonds is 4. The highest BCUT2D eigenvalue weighted by Crippen LogP contribution is 2.08. The molecule has 1 aromatic heterocycles. The summed E-state index contributed by atoms with van der Waals surface area (Å²) < 4.78 is 0. The van der Waals surface area contributed by atoms with E-state index in [-0.39, 0.29) is 11.9 Å². The molecule has 0 aliphatic carbocycles. The number of aromatic nitrogens is 1. The zero-order valence-electron chi connectivity index (χ0n) is 9.28. The maximum absolute atomic E-state index is 11.7. The van der Waals surface area contributed by atoms with E-state index in [0.29, 0.717) is 18.2 Å². The van der Waals surface area contributed by atoms with Crippen LogP contribution in [-0.4, -0.2) is 23.5 Å². The van der Waals surface area contributed by atoms with Crippen molar-refractivity contribution in [2.75, 3.05) is 6.54 Å². The van der Waals surface area contributed by atoms with Crippen molar-refractivity contribution in [1.82, 2.24) is 10.3 Å². The Bertz CT molecular complexity index is 335. The zero-order valence-corrected chi connectivity index (χ0v) is 10.1. The van der Waals surface area contributed by atoms with Crippen LogP contribution in [0.1, 0.15) is 29.3 Å². The molecule has 4 nitrogen and oxygen atoms in total. The molecule has 1 unspecified atom stereocenters. The molecule has 0 aliphatic heterocycles. The van der Waals surface area contributed by atoms with Crippen LogP contribution >= 0.6 is 11.3 Å². The molecule has 0 saturated heterocycles. The molecule has 15 heavy (non-hydrogen) atoms. The third-order valence-electron chi connectivity index (χ3n) is 2.23. The summed E-state index contributed by atoms with van der Waals surface area (Å²) in [7, 11) is 0. The molecule has 5 heteroatoms. The number of carbonyl (C=O) groups is 1. The number of nitrogens with zero attached hydrogens (tertiary/aromatic N) is 1. The largest absolute Gasteiger partial charge is 0.346 e. The first-order valence-corrected chi connectivity index (χ1v) is 5.85. The molecule has 1 rings (SSSR count). The summed E-state index contributed by atoms with van der Waals surface area (Å²) >= 11 is 1.47. The summed E-state index contributed by atoms with van der Waals surface area (Å²) in [5.41, 5.74) is 6.06. The van der Waals surface area contributed by atoms with Crippen molar-refractivity contribution < 1.29 is 4.79 Å². The normalized spacial score (nSPS) is 12.9. The number of hydrogen-bond donors (Lipinski definition) is 2. The summed E-state index contributed by atoms with van der Waals surface area (Å²) in [4.78, 5) is 15.8. The van der Waals surface area contributed by atoms with Gasteiger partial charge < -0.3 is 11.1 Å². The van der Waals surface area contributed by atoms with Gasteiger partial charge in [0.1, 0.15) is 5.69 Å². The Morgan fingerprint density at radius 1 is 1.67 bits per heavy atom. The van der Waals surface area contributed by atoms with Crippen LogP contribution < -0.4 is 11.1 Å². The molecular formula is C10H17N3OS. The molecule has 3 N–H and O–H groups in total. The molecule has 0 saturated carbocycles. The van der Waals surface area contributed by atoms with E-state index >= 15 is 0 Å². The number of nitrogens with one attached hydrogen (secondary N) is 1. The van der Waals surface area contributed by atoms with Crippen LogP contribution in [0.15, 0.2) is 5.38 Å². The lowest BCUT2D eigenvalue weighted by molar-refractivity contribution is 0.0923. The van der Waals surface area contributed by atoms with E-state index in [1.165, 1.54) is 11.3 Å². The van der Waals surface area contributed by atoms with Crippen LogP contribution in [0, 0.1) is 12.8 Å². The Morgan fingerprint density at radius 3 is 2.73 bits per heavy atom. The smallest absolute Gasteiger partial charge is 0.271 e. The van der Waals surface area contributed by atoms with Crippen LogP contribution in [-0.2, 0) is 0 Å². The van der Waals surface area contributed by atoms with Crippen molar-refractivity contribution in [3.05, 3.63) is 16.1 Å². The number of amides is 1. The van der Waals surface area contributed by atoms with E-state index in [1.54, 1.807) is 5.38 Å². The lowest BCUT2D eigenvalue weighted by atomic mass is 10.0. The maximum atomic E-state index is 11.7. The van der Waals surface area contributed by atoms with Gasteiger partial charge in [0.15, 0.2) is 0 Å². The molecule has 0 spiro atoms. The molecule has 1 atom stereocenters. The van der Waals surface area contributed by atoms with E-state index in [9.17, 15) is 4.79 Å². The Kier molecular flexibility index (Phi) is 4.23. The molecular weight excluding hydrogens is 210 g/mol. The number of hydrogen-bond acceptors (Lipinski definition) is 4. The number of aryl methyl sites for hydroxylation is 1. The lowest BCUT2D eigenvalue weighted by Crippen LogP contribution is -2.43. The Hall–Kier alpha value is -0.940. The molecule has 1 heterocycles. The standard InChI is InChI=1S/C10H17N3OS/c1-6(2)8(4-11)13-10(14)9-5-15-7(3)12-9/h5-6,8H,4,11H2,1-3H3,(H,13,14). The molecule has 1 amide bonds. The summed E-state index contributed by atoms with van der Waals surface area (Å²) in [5, 5.41) is 5.54. The number of nitrogens with two attached hydrogens (primary N) is 1. The van der Waals surface area contributed by atoms with Crippen molar-refractivity contribution >= 4 is 17.2 Å². The first-order chi connectivity index (χ1) is 7.04. The first kappa shape index (κ1) is 12.1. The summed E-state index contributed by atoms with van der Waals surface area (Å²) in [6.45, 7) is 6.39. The van der Waals surface area contributed by atoms with Gasteiger partial charge in [-0.1, -0.05) is 13.8 Å². The summed E-state index contributed by atoms with van der Waals surface area (Å²) in [6.07, 6.45) is 0. The van der Waals surface area contributed by atoms with Crippen LogP contribution in [0.25, 0.3) is 0 Å². The average molecular weight is 227 g/mol. The van der Waals surface area contributed by atoms with Gasteiger partial charge in [0.25, 0.3) is 5.91 Å². The summed E-state index contributed by atoms with van der Waals surface area (Å²) in [5.74, 6) is 0.196. The highest BCUT2D eigenvalue weighted by Gasteiger charge is 2.16. The van der Waals surface area contributed by atoms with E-state index in [1.807, 2.05) is 20.8 Å². The molecule has 0 aromatic carbocycles. The van der Waals surface area contributed by atoms with E-state index in [4.69, 9.17) is 5.73 Å². The Balaban J connectivity index is 2.62. The van der Waals surface area contributed by atoms with Gasteiger partial charge in [0.05, 0.1) is 5.01 Å². The van der Waals surface area contributed by atoms with Gasteiger partial charge in [-0.25, -0.2) is 4.98 Å². The third-order valence-corrected chi connectivity index (χ3v) is 3.00. The van der Waals surface area contributed by atoms with Crippen molar-refractivity contribution in [1.29, 1.82) is 0 Å². The number of carbonyl (C=O) groups excluding carboxylic acids is 1. The Morgan fingerprint density at radius 2 is 2.33 bits per heavy atom. The quantitative estimate of drug-likeness (QED) is 0.811.